The van der Waals surface area contributed by atoms with Crippen LogP contribution in [-0.2, 0) is 3.79 Å². The predicted molar refractivity (Wildman–Crippen MR) is 37.1 cm³/mol. The van der Waals surface area contributed by atoms with Crippen LogP contribution in [-0.4, -0.2) is 22.2 Å². The number of hydrogen-bond acceptors (Lipinski definition) is 1. The van der Waals surface area contributed by atoms with E-state index in [2.05, 4.69) is 13.8 Å². The molecule has 0 bridgehead atoms. The topological polar surface area (TPSA) is 9.23 Å². The first-order valence-electron chi connectivity index (χ1n) is 3.35. The molecule has 0 aromatic rings. The summed E-state index contributed by atoms with van der Waals surface area (Å²) < 4.78 is 5.31. The third-order valence-electron chi connectivity index (χ3n) is 0.900. The Kier molecular flexibility index (Phi) is 16.0. The summed E-state index contributed by atoms with van der Waals surface area (Å²) in [5, 5.41) is 1.23. The molecule has 3 heteroatoms. The largest absolute Gasteiger partial charge is 1.00 e. The molecule has 0 spiro atoms. The zero-order valence-corrected chi connectivity index (χ0v) is 8.10. The van der Waals surface area contributed by atoms with Crippen LogP contribution in [0.2, 0.25) is 5.28 Å². The fraction of sp³-hybridized carbons (Fsp3) is 1.00. The maximum Gasteiger partial charge on any atom is -1.00 e. The minimum atomic E-state index is 0. The first kappa shape index (κ1) is 12.5. The molecule has 0 aliphatic carbocycles. The summed E-state index contributed by atoms with van der Waals surface area (Å²) in [7, 11) is 0. The van der Waals surface area contributed by atoms with Crippen molar-refractivity contribution in [1.29, 1.82) is 0 Å². The Labute approximate surface area is 70.6 Å². The van der Waals surface area contributed by atoms with E-state index in [1.54, 1.807) is 0 Å². The van der Waals surface area contributed by atoms with Crippen LogP contribution in [0.4, 0.5) is 0 Å². The quantitative estimate of drug-likeness (QED) is 0.369. The van der Waals surface area contributed by atoms with Crippen molar-refractivity contribution in [3.8, 4) is 0 Å². The van der Waals surface area contributed by atoms with Crippen molar-refractivity contribution in [2.45, 2.75) is 32.0 Å². The second-order valence-corrected chi connectivity index (χ2v) is 3.28. The average molecular weight is 165 g/mol. The summed E-state index contributed by atoms with van der Waals surface area (Å²) in [6.07, 6.45) is 2.48. The van der Waals surface area contributed by atoms with Gasteiger partial charge in [0.15, 0.2) is 0 Å². The van der Waals surface area contributed by atoms with Crippen molar-refractivity contribution in [3.05, 3.63) is 0 Å². The summed E-state index contributed by atoms with van der Waals surface area (Å²) in [6, 6.07) is 0. The molecule has 0 saturated carbocycles. The van der Waals surface area contributed by atoms with E-state index >= 15 is 0 Å². The Balaban J connectivity index is 0. The molecule has 0 heterocycles. The molecule has 0 atom stereocenters. The Hall–Kier alpha value is 0.782. The molecule has 0 N–H and O–H groups in total. The standard InChI is InChI=1S/C4H9O.C2H5.Al.ClH/c1-2-3-4-5;1-2;;/h2-4H2,1H3;1H2,2H3;;1H/q-1;;+2;/p-1. The smallest absolute Gasteiger partial charge is 1.00 e. The van der Waals surface area contributed by atoms with E-state index in [-0.39, 0.29) is 12.4 Å². The number of halogens is 1. The summed E-state index contributed by atoms with van der Waals surface area (Å²) in [6.45, 7) is 5.34. The van der Waals surface area contributed by atoms with Crippen molar-refractivity contribution in [2.75, 3.05) is 6.61 Å². The molecule has 0 amide bonds. The van der Waals surface area contributed by atoms with Crippen molar-refractivity contribution in [1.82, 2.24) is 0 Å². The van der Waals surface area contributed by atoms with Gasteiger partial charge in [0.05, 0.1) is 0 Å². The van der Waals surface area contributed by atoms with Gasteiger partial charge in [-0.05, 0) is 0 Å². The van der Waals surface area contributed by atoms with E-state index in [0.29, 0.717) is 15.6 Å². The number of hydrogen-bond donors (Lipinski definition) is 0. The maximum atomic E-state index is 5.31. The van der Waals surface area contributed by atoms with Crippen LogP contribution in [0.5, 0.6) is 0 Å². The molecule has 9 heavy (non-hydrogen) atoms. The zero-order chi connectivity index (χ0) is 6.24. The fourth-order valence-electron chi connectivity index (χ4n) is 0.429. The van der Waals surface area contributed by atoms with E-state index in [0.717, 1.165) is 6.61 Å². The second-order valence-electron chi connectivity index (χ2n) is 1.80. The molecular weight excluding hydrogens is 150 g/mol. The van der Waals surface area contributed by atoms with Gasteiger partial charge < -0.3 is 12.4 Å². The third kappa shape index (κ3) is 12.1. The molecule has 0 fully saturated rings. The van der Waals surface area contributed by atoms with Gasteiger partial charge in [-0.25, -0.2) is 0 Å². The van der Waals surface area contributed by atoms with Crippen molar-refractivity contribution in [3.63, 3.8) is 0 Å². The van der Waals surface area contributed by atoms with Crippen LogP contribution in [0.25, 0.3) is 0 Å². The van der Waals surface area contributed by atoms with Gasteiger partial charge in [0.25, 0.3) is 0 Å². The Morgan fingerprint density at radius 1 is 1.33 bits per heavy atom. The van der Waals surface area contributed by atoms with E-state index in [9.17, 15) is 0 Å². The van der Waals surface area contributed by atoms with Crippen molar-refractivity contribution >= 4 is 15.6 Å². The minimum absolute atomic E-state index is 0. The molecule has 0 aromatic carbocycles. The maximum absolute atomic E-state index is 5.31. The van der Waals surface area contributed by atoms with E-state index in [1.165, 1.54) is 18.1 Å². The zero-order valence-electron chi connectivity index (χ0n) is 6.19. The third-order valence-corrected chi connectivity index (χ3v) is 1.70. The SMILES string of the molecule is CCCC[O][Al+][CH2]C.[Cl-]. The molecule has 0 unspecified atom stereocenters. The minimum Gasteiger partial charge on any atom is -1.00 e. The van der Waals surface area contributed by atoms with Gasteiger partial charge in [-0.2, -0.15) is 0 Å². The molecular formula is C6H14AlClO. The van der Waals surface area contributed by atoms with Gasteiger partial charge in [-0.1, -0.05) is 0 Å². The van der Waals surface area contributed by atoms with E-state index in [4.69, 9.17) is 3.79 Å². The van der Waals surface area contributed by atoms with E-state index in [1.807, 2.05) is 0 Å². The van der Waals surface area contributed by atoms with Gasteiger partial charge >= 0.3 is 57.9 Å². The van der Waals surface area contributed by atoms with Crippen LogP contribution >= 0.6 is 0 Å². The normalized spacial score (nSPS) is 7.78. The van der Waals surface area contributed by atoms with Crippen LogP contribution in [0.15, 0.2) is 0 Å². The Morgan fingerprint density at radius 2 is 2.00 bits per heavy atom. The molecule has 0 saturated heterocycles. The van der Waals surface area contributed by atoms with Gasteiger partial charge in [0.1, 0.15) is 0 Å². The summed E-state index contributed by atoms with van der Waals surface area (Å²) in [5.41, 5.74) is 0. The molecule has 0 rings (SSSR count). The molecule has 0 aromatic heterocycles. The summed E-state index contributed by atoms with van der Waals surface area (Å²) in [5.74, 6) is 0. The van der Waals surface area contributed by atoms with Gasteiger partial charge in [-0.15, -0.1) is 0 Å². The molecule has 1 nitrogen and oxygen atoms in total. The predicted octanol–water partition coefficient (Wildman–Crippen LogP) is -1.14. The molecule has 0 radical (unpaired) electrons. The van der Waals surface area contributed by atoms with Crippen LogP contribution in [0, 0.1) is 0 Å². The Bertz CT molecular complexity index is 38.0. The van der Waals surface area contributed by atoms with Gasteiger partial charge in [0, 0.05) is 0 Å². The monoisotopic (exact) mass is 164 g/mol. The Morgan fingerprint density at radius 3 is 2.44 bits per heavy atom. The number of unbranched alkanes of at least 4 members (excludes halogenated alkanes) is 1. The van der Waals surface area contributed by atoms with Crippen LogP contribution in [0.3, 0.4) is 0 Å². The van der Waals surface area contributed by atoms with Crippen molar-refractivity contribution in [2.24, 2.45) is 0 Å². The van der Waals surface area contributed by atoms with E-state index < -0.39 is 0 Å². The first-order valence-corrected chi connectivity index (χ1v) is 4.63. The molecule has 54 valence electrons. The first-order chi connectivity index (χ1) is 3.91. The second kappa shape index (κ2) is 11.6. The summed E-state index contributed by atoms with van der Waals surface area (Å²) >= 11 is 0.313. The molecule has 0 aliphatic heterocycles. The molecule has 0 aliphatic rings. The van der Waals surface area contributed by atoms with Gasteiger partial charge in [-0.3, -0.25) is 0 Å². The average Bonchev–Trinajstić information content (AvgIpc) is 1.81. The fourth-order valence-corrected chi connectivity index (χ4v) is 0.998. The van der Waals surface area contributed by atoms with Crippen LogP contribution in [0.1, 0.15) is 26.7 Å². The number of rotatable bonds is 5. The van der Waals surface area contributed by atoms with Crippen molar-refractivity contribution < 1.29 is 16.2 Å². The van der Waals surface area contributed by atoms with Crippen LogP contribution < -0.4 is 12.4 Å². The van der Waals surface area contributed by atoms with Gasteiger partial charge in [0.2, 0.25) is 0 Å². The summed E-state index contributed by atoms with van der Waals surface area (Å²) in [4.78, 5) is 0.